The number of amides is 1. The van der Waals surface area contributed by atoms with Gasteiger partial charge in [0.05, 0.1) is 0 Å². The second kappa shape index (κ2) is 6.61. The van der Waals surface area contributed by atoms with E-state index in [2.05, 4.69) is 15.5 Å². The van der Waals surface area contributed by atoms with E-state index in [-0.39, 0.29) is 11.7 Å². The van der Waals surface area contributed by atoms with Gasteiger partial charge >= 0.3 is 0 Å². The van der Waals surface area contributed by atoms with Crippen LogP contribution >= 0.6 is 11.3 Å². The number of anilines is 1. The summed E-state index contributed by atoms with van der Waals surface area (Å²) in [7, 11) is 0. The molecule has 3 N–H and O–H groups in total. The fraction of sp³-hybridized carbons (Fsp3) is 0.105. The first-order chi connectivity index (χ1) is 12.6. The number of carbonyl (C=O) groups excluding carboxylic acids is 1. The number of nitrogen functional groups attached to an aromatic ring is 1. The monoisotopic (exact) mass is 364 g/mol. The molecule has 1 amide bonds. The van der Waals surface area contributed by atoms with E-state index in [1.165, 1.54) is 11.3 Å². The number of benzene rings is 2. The lowest BCUT2D eigenvalue weighted by molar-refractivity contribution is 0.0917. The molecule has 0 fully saturated rings. The number of nitrogens with zero attached hydrogens (tertiary/aromatic N) is 2. The number of aromatic nitrogens is 2. The van der Waals surface area contributed by atoms with Crippen LogP contribution in [0.1, 0.15) is 32.7 Å². The Labute approximate surface area is 153 Å². The molecular weight excluding hydrogens is 348 g/mol. The molecule has 0 aliphatic carbocycles. The van der Waals surface area contributed by atoms with E-state index in [0.29, 0.717) is 15.7 Å². The van der Waals surface area contributed by atoms with Gasteiger partial charge in [-0.05, 0) is 30.7 Å². The van der Waals surface area contributed by atoms with Crippen LogP contribution in [0.3, 0.4) is 0 Å². The predicted octanol–water partition coefficient (Wildman–Crippen LogP) is 3.69. The number of nitrogens with two attached hydrogens (primary N) is 1. The fourth-order valence-corrected chi connectivity index (χ4v) is 3.46. The largest absolute Gasteiger partial charge is 0.451 e. The summed E-state index contributed by atoms with van der Waals surface area (Å²) in [5.74, 6) is -0.0644. The summed E-state index contributed by atoms with van der Waals surface area (Å²) in [5, 5.41) is 12.8. The van der Waals surface area contributed by atoms with Crippen LogP contribution in [-0.4, -0.2) is 16.1 Å². The number of nitrogens with one attached hydrogen (secondary N) is 1. The van der Waals surface area contributed by atoms with Gasteiger partial charge in [0.1, 0.15) is 16.6 Å². The third kappa shape index (κ3) is 3.16. The van der Waals surface area contributed by atoms with Crippen molar-refractivity contribution in [2.75, 3.05) is 5.73 Å². The molecule has 0 unspecified atom stereocenters. The third-order valence-electron chi connectivity index (χ3n) is 4.01. The lowest BCUT2D eigenvalue weighted by Crippen LogP contribution is -2.29. The summed E-state index contributed by atoms with van der Waals surface area (Å²) in [6, 6.07) is 16.7. The Morgan fingerprint density at radius 2 is 1.96 bits per heavy atom. The maximum Gasteiger partial charge on any atom is 0.287 e. The molecule has 0 aliphatic rings. The zero-order valence-electron chi connectivity index (χ0n) is 14.0. The second-order valence-electron chi connectivity index (χ2n) is 5.95. The molecule has 0 bridgehead atoms. The van der Waals surface area contributed by atoms with Gasteiger partial charge in [-0.2, -0.15) is 0 Å². The average molecular weight is 364 g/mol. The number of furan rings is 1. The van der Waals surface area contributed by atoms with Gasteiger partial charge in [0.15, 0.2) is 5.76 Å². The molecule has 2 aromatic carbocycles. The highest BCUT2D eigenvalue weighted by Gasteiger charge is 2.23. The van der Waals surface area contributed by atoms with Crippen LogP contribution in [0.5, 0.6) is 0 Å². The summed E-state index contributed by atoms with van der Waals surface area (Å²) in [6.07, 6.45) is 0. The molecule has 26 heavy (non-hydrogen) atoms. The number of hydrogen-bond acceptors (Lipinski definition) is 6. The molecule has 7 heteroatoms. The minimum Gasteiger partial charge on any atom is -0.451 e. The molecule has 0 saturated heterocycles. The van der Waals surface area contributed by atoms with Gasteiger partial charge in [0.25, 0.3) is 5.91 Å². The van der Waals surface area contributed by atoms with Gasteiger partial charge in [-0.15, -0.1) is 10.2 Å². The first-order valence-electron chi connectivity index (χ1n) is 8.05. The lowest BCUT2D eigenvalue weighted by Gasteiger charge is -2.15. The van der Waals surface area contributed by atoms with Crippen molar-refractivity contribution >= 4 is 33.3 Å². The van der Waals surface area contributed by atoms with Crippen molar-refractivity contribution in [1.82, 2.24) is 15.5 Å². The van der Waals surface area contributed by atoms with Crippen LogP contribution in [0.15, 0.2) is 59.0 Å². The lowest BCUT2D eigenvalue weighted by atomic mass is 10.1. The molecule has 4 rings (SSSR count). The van der Waals surface area contributed by atoms with Crippen LogP contribution < -0.4 is 11.1 Å². The minimum atomic E-state index is -0.451. The highest BCUT2D eigenvalue weighted by molar-refractivity contribution is 7.15. The summed E-state index contributed by atoms with van der Waals surface area (Å²) in [4.78, 5) is 12.8. The molecule has 0 spiro atoms. The van der Waals surface area contributed by atoms with E-state index in [9.17, 15) is 4.79 Å². The Morgan fingerprint density at radius 3 is 2.69 bits per heavy atom. The van der Waals surface area contributed by atoms with Crippen LogP contribution in [0.2, 0.25) is 0 Å². The Hall–Kier alpha value is -3.19. The number of rotatable bonds is 4. The maximum atomic E-state index is 12.8. The van der Waals surface area contributed by atoms with E-state index >= 15 is 0 Å². The Balaban J connectivity index is 1.67. The molecular formula is C19H16N4O2S. The van der Waals surface area contributed by atoms with Crippen LogP contribution in [0.25, 0.3) is 11.0 Å². The van der Waals surface area contributed by atoms with Gasteiger partial charge in [-0.3, -0.25) is 4.79 Å². The van der Waals surface area contributed by atoms with Crippen molar-refractivity contribution in [3.05, 3.63) is 76.5 Å². The summed E-state index contributed by atoms with van der Waals surface area (Å²) in [5.41, 5.74) is 8.39. The molecule has 4 aromatic rings. The third-order valence-corrected chi connectivity index (χ3v) is 4.82. The molecule has 2 aromatic heterocycles. The number of fused-ring (bicyclic) bond motifs is 1. The van der Waals surface area contributed by atoms with Crippen molar-refractivity contribution in [3.63, 3.8) is 0 Å². The van der Waals surface area contributed by atoms with E-state index in [0.717, 1.165) is 16.5 Å². The summed E-state index contributed by atoms with van der Waals surface area (Å²) < 4.78 is 5.69. The Morgan fingerprint density at radius 1 is 1.15 bits per heavy atom. The maximum absolute atomic E-state index is 12.8. The molecule has 0 saturated carbocycles. The molecule has 0 aliphatic heterocycles. The van der Waals surface area contributed by atoms with Gasteiger partial charge in [-0.1, -0.05) is 53.3 Å². The number of aryl methyl sites for hydroxylation is 1. The van der Waals surface area contributed by atoms with Gasteiger partial charge in [-0.25, -0.2) is 0 Å². The summed E-state index contributed by atoms with van der Waals surface area (Å²) >= 11 is 1.25. The first-order valence-corrected chi connectivity index (χ1v) is 8.87. The van der Waals surface area contributed by atoms with Crippen molar-refractivity contribution < 1.29 is 9.21 Å². The topological polar surface area (TPSA) is 94.0 Å². The van der Waals surface area contributed by atoms with Crippen LogP contribution in [0, 0.1) is 6.92 Å². The Bertz CT molecular complexity index is 1070. The number of hydrogen-bond donors (Lipinski definition) is 2. The molecule has 6 nitrogen and oxygen atoms in total. The quantitative estimate of drug-likeness (QED) is 0.576. The van der Waals surface area contributed by atoms with Crippen molar-refractivity contribution in [2.24, 2.45) is 0 Å². The molecule has 130 valence electrons. The van der Waals surface area contributed by atoms with Crippen molar-refractivity contribution in [2.45, 2.75) is 13.0 Å². The molecule has 2 heterocycles. The zero-order chi connectivity index (χ0) is 18.1. The van der Waals surface area contributed by atoms with Crippen molar-refractivity contribution in [1.29, 1.82) is 0 Å². The van der Waals surface area contributed by atoms with E-state index in [4.69, 9.17) is 10.2 Å². The molecule has 0 radical (unpaired) electrons. The SMILES string of the molecule is Cc1ccc2oc(C(=O)N[C@H](c3ccccc3)c3nnc(N)s3)cc2c1. The standard InChI is InChI=1S/C19H16N4O2S/c1-11-7-8-14-13(9-11)10-15(25-14)17(24)21-16(12-5-3-2-4-6-12)18-22-23-19(20)26-18/h2-10,16H,1H3,(H2,20,23)(H,21,24)/t16-/m1/s1. The van der Waals surface area contributed by atoms with Gasteiger partial charge < -0.3 is 15.5 Å². The Kier molecular flexibility index (Phi) is 4.14. The normalized spacial score (nSPS) is 12.2. The van der Waals surface area contributed by atoms with Gasteiger partial charge in [0, 0.05) is 5.39 Å². The highest BCUT2D eigenvalue weighted by Crippen LogP contribution is 2.27. The average Bonchev–Trinajstić information content (AvgIpc) is 3.26. The molecule has 1 atom stereocenters. The first kappa shape index (κ1) is 16.3. The van der Waals surface area contributed by atoms with E-state index in [1.807, 2.05) is 55.5 Å². The zero-order valence-corrected chi connectivity index (χ0v) is 14.8. The van der Waals surface area contributed by atoms with Crippen molar-refractivity contribution in [3.8, 4) is 0 Å². The second-order valence-corrected chi connectivity index (χ2v) is 6.99. The fourth-order valence-electron chi connectivity index (χ4n) is 2.77. The summed E-state index contributed by atoms with van der Waals surface area (Å²) in [6.45, 7) is 2.00. The van der Waals surface area contributed by atoms with E-state index in [1.54, 1.807) is 6.07 Å². The predicted molar refractivity (Wildman–Crippen MR) is 101 cm³/mol. The minimum absolute atomic E-state index is 0.254. The van der Waals surface area contributed by atoms with Crippen LogP contribution in [-0.2, 0) is 0 Å². The smallest absolute Gasteiger partial charge is 0.287 e. The van der Waals surface area contributed by atoms with Crippen LogP contribution in [0.4, 0.5) is 5.13 Å². The number of carbonyl (C=O) groups is 1. The van der Waals surface area contributed by atoms with Gasteiger partial charge in [0.2, 0.25) is 5.13 Å². The van der Waals surface area contributed by atoms with E-state index < -0.39 is 6.04 Å². The highest BCUT2D eigenvalue weighted by atomic mass is 32.1.